The number of benzene rings is 1. The lowest BCUT2D eigenvalue weighted by atomic mass is 10.1. The molecule has 2 fully saturated rings. The fraction of sp³-hybridized carbons (Fsp3) is 0.611. The van der Waals surface area contributed by atoms with Crippen LogP contribution in [0.2, 0.25) is 5.02 Å². The van der Waals surface area contributed by atoms with Gasteiger partial charge in [-0.05, 0) is 36.8 Å². The molecule has 1 aliphatic heterocycles. The highest BCUT2D eigenvalue weighted by atomic mass is 35.5. The second-order valence-electron chi connectivity index (χ2n) is 6.91. The van der Waals surface area contributed by atoms with Crippen LogP contribution < -0.4 is 0 Å². The van der Waals surface area contributed by atoms with Crippen molar-refractivity contribution < 1.29 is 13.2 Å². The quantitative estimate of drug-likeness (QED) is 0.773. The highest BCUT2D eigenvalue weighted by molar-refractivity contribution is 7.91. The number of carbonyl (C=O) groups excluding carboxylic acids is 1. The van der Waals surface area contributed by atoms with Crippen molar-refractivity contribution in [1.82, 2.24) is 4.90 Å². The number of carbonyl (C=O) groups is 1. The fourth-order valence-electron chi connectivity index (χ4n) is 3.62. The van der Waals surface area contributed by atoms with Gasteiger partial charge in [0.15, 0.2) is 9.84 Å². The maximum absolute atomic E-state index is 13.0. The van der Waals surface area contributed by atoms with E-state index in [0.717, 1.165) is 24.8 Å². The zero-order valence-electron chi connectivity index (χ0n) is 13.9. The van der Waals surface area contributed by atoms with Gasteiger partial charge in [-0.1, -0.05) is 43.1 Å². The van der Waals surface area contributed by atoms with Crippen LogP contribution in [-0.4, -0.2) is 43.3 Å². The average Bonchev–Trinajstić information content (AvgIpc) is 3.25. The van der Waals surface area contributed by atoms with Gasteiger partial charge < -0.3 is 4.90 Å². The minimum Gasteiger partial charge on any atom is -0.338 e. The fourth-order valence-corrected chi connectivity index (χ4v) is 5.63. The minimum atomic E-state index is -2.99. The molecule has 132 valence electrons. The van der Waals surface area contributed by atoms with E-state index in [1.807, 2.05) is 29.2 Å². The van der Waals surface area contributed by atoms with E-state index >= 15 is 0 Å². The minimum absolute atomic E-state index is 0.0509. The maximum atomic E-state index is 13.0. The largest absolute Gasteiger partial charge is 0.338 e. The van der Waals surface area contributed by atoms with E-state index < -0.39 is 9.84 Å². The zero-order valence-corrected chi connectivity index (χ0v) is 15.5. The molecule has 1 amide bonds. The molecule has 1 saturated heterocycles. The SMILES string of the molecule is CCCCN(C(=O)C1CC1c1ccccc1Cl)C1CCS(=O)(=O)C1. The normalized spacial score (nSPS) is 27.8. The Morgan fingerprint density at radius 3 is 2.71 bits per heavy atom. The van der Waals surface area contributed by atoms with Gasteiger partial charge in [0.2, 0.25) is 5.91 Å². The Hall–Kier alpha value is -1.07. The van der Waals surface area contributed by atoms with Gasteiger partial charge in [-0.25, -0.2) is 8.42 Å². The molecular formula is C18H24ClNO3S. The molecule has 0 spiro atoms. The highest BCUT2D eigenvalue weighted by Crippen LogP contribution is 2.50. The van der Waals surface area contributed by atoms with Gasteiger partial charge in [0, 0.05) is 23.5 Å². The molecule has 3 unspecified atom stereocenters. The summed E-state index contributed by atoms with van der Waals surface area (Å²) in [5.74, 6) is 0.548. The molecule has 6 heteroatoms. The number of amides is 1. The Morgan fingerprint density at radius 1 is 1.33 bits per heavy atom. The molecule has 3 atom stereocenters. The third-order valence-corrected chi connectivity index (χ3v) is 7.19. The lowest BCUT2D eigenvalue weighted by Gasteiger charge is -2.28. The summed E-state index contributed by atoms with van der Waals surface area (Å²) < 4.78 is 23.6. The number of hydrogen-bond acceptors (Lipinski definition) is 3. The molecule has 1 aliphatic carbocycles. The van der Waals surface area contributed by atoms with Crippen LogP contribution in [0.25, 0.3) is 0 Å². The average molecular weight is 370 g/mol. The number of sulfone groups is 1. The second-order valence-corrected chi connectivity index (χ2v) is 9.55. The molecule has 4 nitrogen and oxygen atoms in total. The van der Waals surface area contributed by atoms with Gasteiger partial charge in [-0.3, -0.25) is 4.79 Å². The molecular weight excluding hydrogens is 346 g/mol. The highest BCUT2D eigenvalue weighted by Gasteiger charge is 2.48. The lowest BCUT2D eigenvalue weighted by Crippen LogP contribution is -2.42. The first kappa shape index (κ1) is 17.7. The summed E-state index contributed by atoms with van der Waals surface area (Å²) in [5, 5.41) is 0.710. The summed E-state index contributed by atoms with van der Waals surface area (Å²) in [6.07, 6.45) is 3.28. The first-order valence-electron chi connectivity index (χ1n) is 8.68. The van der Waals surface area contributed by atoms with Crippen molar-refractivity contribution in [3.8, 4) is 0 Å². The van der Waals surface area contributed by atoms with E-state index in [1.54, 1.807) is 0 Å². The summed E-state index contributed by atoms with van der Waals surface area (Å²) in [5.41, 5.74) is 1.03. The van der Waals surface area contributed by atoms with Crippen molar-refractivity contribution in [2.24, 2.45) is 5.92 Å². The topological polar surface area (TPSA) is 54.5 Å². The Bertz CT molecular complexity index is 719. The van der Waals surface area contributed by atoms with Crippen LogP contribution in [0.1, 0.15) is 44.1 Å². The van der Waals surface area contributed by atoms with Gasteiger partial charge in [-0.2, -0.15) is 0 Å². The molecule has 0 radical (unpaired) electrons. The van der Waals surface area contributed by atoms with E-state index in [4.69, 9.17) is 11.6 Å². The van der Waals surface area contributed by atoms with Crippen LogP contribution in [0.5, 0.6) is 0 Å². The van der Waals surface area contributed by atoms with E-state index in [1.165, 1.54) is 0 Å². The first-order chi connectivity index (χ1) is 11.4. The van der Waals surface area contributed by atoms with Crippen molar-refractivity contribution in [3.05, 3.63) is 34.9 Å². The standard InChI is InChI=1S/C18H24ClNO3S/c1-2-3-9-20(13-8-10-24(22,23)12-13)18(21)16-11-15(16)14-6-4-5-7-17(14)19/h4-7,13,15-16H,2-3,8-12H2,1H3. The van der Waals surface area contributed by atoms with E-state index in [9.17, 15) is 13.2 Å². The van der Waals surface area contributed by atoms with Crippen molar-refractivity contribution in [1.29, 1.82) is 0 Å². The van der Waals surface area contributed by atoms with Gasteiger partial charge in [0.1, 0.15) is 0 Å². The van der Waals surface area contributed by atoms with E-state index in [0.29, 0.717) is 18.0 Å². The molecule has 3 rings (SSSR count). The Morgan fingerprint density at radius 2 is 2.08 bits per heavy atom. The Kier molecular flexibility index (Phi) is 5.21. The van der Waals surface area contributed by atoms with E-state index in [2.05, 4.69) is 6.92 Å². The Balaban J connectivity index is 1.72. The monoisotopic (exact) mass is 369 g/mol. The number of unbranched alkanes of at least 4 members (excludes halogenated alkanes) is 1. The van der Waals surface area contributed by atoms with Crippen molar-refractivity contribution in [2.75, 3.05) is 18.1 Å². The van der Waals surface area contributed by atoms with Gasteiger partial charge in [0.05, 0.1) is 11.5 Å². The van der Waals surface area contributed by atoms with Crippen LogP contribution in [-0.2, 0) is 14.6 Å². The number of hydrogen-bond donors (Lipinski definition) is 0. The van der Waals surface area contributed by atoms with Crippen LogP contribution in [0, 0.1) is 5.92 Å². The Labute approximate surface area is 149 Å². The molecule has 1 aromatic carbocycles. The molecule has 24 heavy (non-hydrogen) atoms. The summed E-state index contributed by atoms with van der Waals surface area (Å²) in [6.45, 7) is 2.74. The van der Waals surface area contributed by atoms with Crippen LogP contribution in [0.4, 0.5) is 0 Å². The molecule has 0 aromatic heterocycles. The smallest absolute Gasteiger partial charge is 0.226 e. The van der Waals surface area contributed by atoms with E-state index in [-0.39, 0.29) is 35.3 Å². The van der Waals surface area contributed by atoms with Gasteiger partial charge in [-0.15, -0.1) is 0 Å². The van der Waals surface area contributed by atoms with Gasteiger partial charge >= 0.3 is 0 Å². The van der Waals surface area contributed by atoms with Crippen LogP contribution in [0.15, 0.2) is 24.3 Å². The van der Waals surface area contributed by atoms with Crippen LogP contribution >= 0.6 is 11.6 Å². The third kappa shape index (κ3) is 3.77. The molecule has 1 heterocycles. The lowest BCUT2D eigenvalue weighted by molar-refractivity contribution is -0.134. The molecule has 2 aliphatic rings. The number of nitrogens with zero attached hydrogens (tertiary/aromatic N) is 1. The summed E-state index contributed by atoms with van der Waals surface area (Å²) in [7, 11) is -2.99. The molecule has 1 saturated carbocycles. The third-order valence-electron chi connectivity index (χ3n) is 5.10. The van der Waals surface area contributed by atoms with Crippen molar-refractivity contribution in [2.45, 2.75) is 44.6 Å². The molecule has 1 aromatic rings. The summed E-state index contributed by atoms with van der Waals surface area (Å²) in [4.78, 5) is 14.8. The number of rotatable bonds is 6. The van der Waals surface area contributed by atoms with Gasteiger partial charge in [0.25, 0.3) is 0 Å². The maximum Gasteiger partial charge on any atom is 0.226 e. The molecule has 0 N–H and O–H groups in total. The summed E-state index contributed by atoms with van der Waals surface area (Å²) >= 11 is 6.25. The predicted molar refractivity (Wildman–Crippen MR) is 96.0 cm³/mol. The molecule has 0 bridgehead atoms. The number of halogens is 1. The summed E-state index contributed by atoms with van der Waals surface area (Å²) in [6, 6.07) is 7.52. The zero-order chi connectivity index (χ0) is 17.3. The van der Waals surface area contributed by atoms with Crippen molar-refractivity contribution in [3.63, 3.8) is 0 Å². The second kappa shape index (κ2) is 7.04. The first-order valence-corrected chi connectivity index (χ1v) is 10.9. The predicted octanol–water partition coefficient (Wildman–Crippen LogP) is 3.26. The van der Waals surface area contributed by atoms with Crippen molar-refractivity contribution >= 4 is 27.3 Å². The van der Waals surface area contributed by atoms with Crippen LogP contribution in [0.3, 0.4) is 0 Å².